The summed E-state index contributed by atoms with van der Waals surface area (Å²) in [6.07, 6.45) is 0. The molecule has 2 heterocycles. The summed E-state index contributed by atoms with van der Waals surface area (Å²) in [4.78, 5) is 44.0. The van der Waals surface area contributed by atoms with E-state index in [0.29, 0.717) is 38.5 Å². The van der Waals surface area contributed by atoms with Crippen molar-refractivity contribution in [2.75, 3.05) is 33.4 Å². The number of ether oxygens (including phenoxy) is 1. The fraction of sp³-hybridized carbons (Fsp3) is 0.556. The Labute approximate surface area is 157 Å². The van der Waals surface area contributed by atoms with Crippen LogP contribution in [0.25, 0.3) is 11.0 Å². The van der Waals surface area contributed by atoms with Gasteiger partial charge in [-0.25, -0.2) is 9.78 Å². The molecular weight excluding hydrogens is 350 g/mol. The molecule has 3 N–H and O–H groups in total. The number of pyridine rings is 1. The normalized spacial score (nSPS) is 11.3. The van der Waals surface area contributed by atoms with Gasteiger partial charge in [0, 0.05) is 39.0 Å². The van der Waals surface area contributed by atoms with Crippen molar-refractivity contribution in [1.82, 2.24) is 25.2 Å². The Hall–Kier alpha value is -2.52. The molecule has 0 bridgehead atoms. The SMILES string of the molecule is CCn1c(=O)[nH]c(=O)c2c(C(=O)NCCNCCOC)cc(C(C)C)nc21. The van der Waals surface area contributed by atoms with Crippen LogP contribution < -0.4 is 21.9 Å². The number of hydrogen-bond donors (Lipinski definition) is 3. The average molecular weight is 377 g/mol. The quantitative estimate of drug-likeness (QED) is 0.537. The molecule has 0 saturated heterocycles. The first-order chi connectivity index (χ1) is 12.9. The van der Waals surface area contributed by atoms with Crippen molar-refractivity contribution in [3.05, 3.63) is 38.2 Å². The van der Waals surface area contributed by atoms with Gasteiger partial charge in [0.25, 0.3) is 11.5 Å². The lowest BCUT2D eigenvalue weighted by molar-refractivity contribution is 0.0955. The summed E-state index contributed by atoms with van der Waals surface area (Å²) in [5, 5.41) is 6.07. The number of nitrogens with one attached hydrogen (secondary N) is 3. The molecule has 0 spiro atoms. The molecule has 27 heavy (non-hydrogen) atoms. The van der Waals surface area contributed by atoms with Crippen molar-refractivity contribution in [2.24, 2.45) is 0 Å². The molecule has 2 aromatic rings. The third-order valence-corrected chi connectivity index (χ3v) is 4.19. The van der Waals surface area contributed by atoms with Gasteiger partial charge in [0.2, 0.25) is 0 Å². The van der Waals surface area contributed by atoms with Crippen LogP contribution in [-0.4, -0.2) is 53.8 Å². The van der Waals surface area contributed by atoms with Gasteiger partial charge in [0.1, 0.15) is 0 Å². The number of carbonyl (C=O) groups is 1. The van der Waals surface area contributed by atoms with Crippen LogP contribution in [0.1, 0.15) is 42.7 Å². The number of carbonyl (C=O) groups excluding carboxylic acids is 1. The third-order valence-electron chi connectivity index (χ3n) is 4.19. The van der Waals surface area contributed by atoms with Crippen LogP contribution in [0.5, 0.6) is 0 Å². The zero-order valence-corrected chi connectivity index (χ0v) is 16.2. The molecule has 2 rings (SSSR count). The lowest BCUT2D eigenvalue weighted by atomic mass is 10.0. The maximum atomic E-state index is 12.7. The summed E-state index contributed by atoms with van der Waals surface area (Å²) in [5.41, 5.74) is -0.0223. The lowest BCUT2D eigenvalue weighted by Crippen LogP contribution is -2.35. The number of hydrogen-bond acceptors (Lipinski definition) is 6. The smallest absolute Gasteiger partial charge is 0.329 e. The van der Waals surface area contributed by atoms with Crippen LogP contribution in [0.2, 0.25) is 0 Å². The molecule has 9 nitrogen and oxygen atoms in total. The molecule has 1 amide bonds. The monoisotopic (exact) mass is 377 g/mol. The van der Waals surface area contributed by atoms with Crippen LogP contribution in [-0.2, 0) is 11.3 Å². The van der Waals surface area contributed by atoms with Crippen LogP contribution in [0, 0.1) is 0 Å². The van der Waals surface area contributed by atoms with E-state index in [-0.39, 0.29) is 28.4 Å². The zero-order chi connectivity index (χ0) is 20.0. The number of aryl methyl sites for hydroxylation is 1. The third kappa shape index (κ3) is 4.81. The highest BCUT2D eigenvalue weighted by molar-refractivity contribution is 6.05. The van der Waals surface area contributed by atoms with Gasteiger partial charge in [-0.15, -0.1) is 0 Å². The fourth-order valence-electron chi connectivity index (χ4n) is 2.72. The van der Waals surface area contributed by atoms with Gasteiger partial charge in [0.15, 0.2) is 5.65 Å². The van der Waals surface area contributed by atoms with Crippen molar-refractivity contribution in [2.45, 2.75) is 33.2 Å². The first-order valence-corrected chi connectivity index (χ1v) is 9.06. The van der Waals surface area contributed by atoms with Gasteiger partial charge >= 0.3 is 5.69 Å². The predicted molar refractivity (Wildman–Crippen MR) is 103 cm³/mol. The Bertz CT molecular complexity index is 916. The molecule has 148 valence electrons. The van der Waals surface area contributed by atoms with Crippen molar-refractivity contribution in [1.29, 1.82) is 0 Å². The van der Waals surface area contributed by atoms with Gasteiger partial charge < -0.3 is 15.4 Å². The van der Waals surface area contributed by atoms with Gasteiger partial charge in [0.05, 0.1) is 17.6 Å². The number of fused-ring (bicyclic) bond motifs is 1. The Morgan fingerprint density at radius 2 is 2.04 bits per heavy atom. The summed E-state index contributed by atoms with van der Waals surface area (Å²) in [5.74, 6) is -0.332. The molecule has 9 heteroatoms. The summed E-state index contributed by atoms with van der Waals surface area (Å²) in [6.45, 7) is 8.25. The Kier molecular flexibility index (Phi) is 7.26. The predicted octanol–water partition coefficient (Wildman–Crippen LogP) is 0.194. The maximum absolute atomic E-state index is 12.7. The zero-order valence-electron chi connectivity index (χ0n) is 16.2. The second-order valence-corrected chi connectivity index (χ2v) is 6.45. The molecule has 0 aliphatic carbocycles. The van der Waals surface area contributed by atoms with Gasteiger partial charge in [-0.3, -0.25) is 19.1 Å². The second-order valence-electron chi connectivity index (χ2n) is 6.45. The van der Waals surface area contributed by atoms with Crippen LogP contribution in [0.3, 0.4) is 0 Å². The van der Waals surface area contributed by atoms with Crippen molar-refractivity contribution in [3.8, 4) is 0 Å². The minimum atomic E-state index is -0.606. The highest BCUT2D eigenvalue weighted by Crippen LogP contribution is 2.19. The Balaban J connectivity index is 2.41. The largest absolute Gasteiger partial charge is 0.383 e. The summed E-state index contributed by atoms with van der Waals surface area (Å²) in [7, 11) is 1.62. The number of H-pyrrole nitrogens is 1. The van der Waals surface area contributed by atoms with Gasteiger partial charge in [-0.1, -0.05) is 13.8 Å². The number of aromatic amines is 1. The van der Waals surface area contributed by atoms with Gasteiger partial charge in [-0.05, 0) is 18.9 Å². The van der Waals surface area contributed by atoms with E-state index in [4.69, 9.17) is 4.74 Å². The first-order valence-electron chi connectivity index (χ1n) is 9.06. The lowest BCUT2D eigenvalue weighted by Gasteiger charge is -2.14. The van der Waals surface area contributed by atoms with Gasteiger partial charge in [-0.2, -0.15) is 0 Å². The summed E-state index contributed by atoms with van der Waals surface area (Å²) < 4.78 is 6.31. The minimum Gasteiger partial charge on any atom is -0.383 e. The van der Waals surface area contributed by atoms with Crippen molar-refractivity contribution in [3.63, 3.8) is 0 Å². The molecule has 0 unspecified atom stereocenters. The van der Waals surface area contributed by atoms with E-state index in [1.54, 1.807) is 20.1 Å². The van der Waals surface area contributed by atoms with E-state index in [0.717, 1.165) is 0 Å². The van der Waals surface area contributed by atoms with Crippen molar-refractivity contribution >= 4 is 16.9 Å². The van der Waals surface area contributed by atoms with Crippen LogP contribution >= 0.6 is 0 Å². The van der Waals surface area contributed by atoms with E-state index in [1.807, 2.05) is 13.8 Å². The van der Waals surface area contributed by atoms with Crippen molar-refractivity contribution < 1.29 is 9.53 Å². The molecule has 0 aromatic carbocycles. The minimum absolute atomic E-state index is 0.0383. The Morgan fingerprint density at radius 1 is 1.30 bits per heavy atom. The number of aromatic nitrogens is 3. The van der Waals surface area contributed by atoms with Crippen LogP contribution in [0.15, 0.2) is 15.7 Å². The molecule has 2 aromatic heterocycles. The van der Waals surface area contributed by atoms with E-state index in [2.05, 4.69) is 20.6 Å². The number of amides is 1. The van der Waals surface area contributed by atoms with Crippen LogP contribution in [0.4, 0.5) is 0 Å². The molecular formula is C18H27N5O4. The standard InChI is InChI=1S/C18H27N5O4/c1-5-23-15-14(17(25)22-18(23)26)12(10-13(21-15)11(2)3)16(24)20-7-6-19-8-9-27-4/h10-11,19H,5-9H2,1-4H3,(H,20,24)(H,22,25,26). The molecule has 0 aliphatic rings. The summed E-state index contributed by atoms with van der Waals surface area (Å²) >= 11 is 0. The molecule has 0 saturated carbocycles. The fourth-order valence-corrected chi connectivity index (χ4v) is 2.72. The molecule has 0 radical (unpaired) electrons. The van der Waals surface area contributed by atoms with E-state index in [9.17, 15) is 14.4 Å². The molecule has 0 atom stereocenters. The number of rotatable bonds is 9. The topological polar surface area (TPSA) is 118 Å². The first kappa shape index (κ1) is 20.8. The number of methoxy groups -OCH3 is 1. The number of nitrogens with zero attached hydrogens (tertiary/aromatic N) is 2. The molecule has 0 aliphatic heterocycles. The van der Waals surface area contributed by atoms with E-state index >= 15 is 0 Å². The second kappa shape index (κ2) is 9.43. The highest BCUT2D eigenvalue weighted by atomic mass is 16.5. The van der Waals surface area contributed by atoms with E-state index < -0.39 is 11.2 Å². The molecule has 0 fully saturated rings. The van der Waals surface area contributed by atoms with E-state index in [1.165, 1.54) is 4.57 Å². The average Bonchev–Trinajstić information content (AvgIpc) is 2.63. The summed E-state index contributed by atoms with van der Waals surface area (Å²) in [6, 6.07) is 1.63. The maximum Gasteiger partial charge on any atom is 0.329 e. The Morgan fingerprint density at radius 3 is 2.67 bits per heavy atom. The highest BCUT2D eigenvalue weighted by Gasteiger charge is 2.19.